The normalized spacial score (nSPS) is 10.6. The van der Waals surface area contributed by atoms with Crippen LogP contribution in [0.1, 0.15) is 68.3 Å². The number of aromatic carboxylic acids is 1. The molecule has 0 aliphatic carbocycles. The first kappa shape index (κ1) is 21.2. The van der Waals surface area contributed by atoms with Crippen molar-refractivity contribution in [3.05, 3.63) is 51.8 Å². The summed E-state index contributed by atoms with van der Waals surface area (Å²) >= 11 is 0. The predicted molar refractivity (Wildman–Crippen MR) is 106 cm³/mol. The number of amides is 1. The van der Waals surface area contributed by atoms with Gasteiger partial charge in [0.25, 0.3) is 5.91 Å². The van der Waals surface area contributed by atoms with Crippen LogP contribution in [0.15, 0.2) is 18.2 Å². The van der Waals surface area contributed by atoms with Crippen LogP contribution in [-0.2, 0) is 12.8 Å². The third-order valence-corrected chi connectivity index (χ3v) is 4.58. The third kappa shape index (κ3) is 4.60. The number of nitrogens with one attached hydrogen (secondary N) is 2. The highest BCUT2D eigenvalue weighted by molar-refractivity contribution is 6.02. The minimum Gasteiger partial charge on any atom is -0.496 e. The van der Waals surface area contributed by atoms with E-state index in [0.717, 1.165) is 17.5 Å². The Balaban J connectivity index is 2.12. The molecule has 1 heterocycles. The van der Waals surface area contributed by atoms with Gasteiger partial charge in [0.2, 0.25) is 0 Å². The molecule has 0 atom stereocenters. The van der Waals surface area contributed by atoms with Crippen molar-refractivity contribution in [1.82, 2.24) is 10.3 Å². The SMILES string of the molecule is CCCc1c(C(=O)NCCc2ccc(C(=O)O)cc2OC)[nH]c(C)c1C(C)=O. The van der Waals surface area contributed by atoms with E-state index in [-0.39, 0.29) is 17.3 Å². The number of Topliss-reactive ketones (excluding diaryl/α,β-unsaturated/α-hetero) is 1. The monoisotopic (exact) mass is 386 g/mol. The Morgan fingerprint density at radius 2 is 1.93 bits per heavy atom. The maximum Gasteiger partial charge on any atom is 0.335 e. The molecule has 28 heavy (non-hydrogen) atoms. The molecule has 2 rings (SSSR count). The Morgan fingerprint density at radius 1 is 1.21 bits per heavy atom. The van der Waals surface area contributed by atoms with Gasteiger partial charge in [-0.3, -0.25) is 9.59 Å². The number of methoxy groups -OCH3 is 1. The van der Waals surface area contributed by atoms with Crippen molar-refractivity contribution in [3.63, 3.8) is 0 Å². The topological polar surface area (TPSA) is 108 Å². The summed E-state index contributed by atoms with van der Waals surface area (Å²) in [5.41, 5.74) is 3.43. The first-order valence-corrected chi connectivity index (χ1v) is 9.20. The first-order valence-electron chi connectivity index (χ1n) is 9.20. The van der Waals surface area contributed by atoms with Gasteiger partial charge in [0.15, 0.2) is 5.78 Å². The number of H-pyrrole nitrogens is 1. The van der Waals surface area contributed by atoms with Crippen LogP contribution in [-0.4, -0.2) is 41.4 Å². The minimum atomic E-state index is -1.02. The van der Waals surface area contributed by atoms with Gasteiger partial charge in [-0.05, 0) is 49.9 Å². The number of rotatable bonds is 9. The average molecular weight is 386 g/mol. The smallest absolute Gasteiger partial charge is 0.335 e. The molecule has 150 valence electrons. The van der Waals surface area contributed by atoms with Crippen LogP contribution in [0.4, 0.5) is 0 Å². The maximum atomic E-state index is 12.7. The van der Waals surface area contributed by atoms with E-state index in [1.54, 1.807) is 13.0 Å². The number of hydrogen-bond acceptors (Lipinski definition) is 4. The molecule has 1 amide bonds. The van der Waals surface area contributed by atoms with Crippen molar-refractivity contribution in [2.24, 2.45) is 0 Å². The van der Waals surface area contributed by atoms with Crippen molar-refractivity contribution in [2.75, 3.05) is 13.7 Å². The van der Waals surface area contributed by atoms with E-state index in [1.807, 2.05) is 6.92 Å². The maximum absolute atomic E-state index is 12.7. The second kappa shape index (κ2) is 9.21. The van der Waals surface area contributed by atoms with E-state index in [4.69, 9.17) is 9.84 Å². The van der Waals surface area contributed by atoms with Gasteiger partial charge in [-0.1, -0.05) is 19.4 Å². The second-order valence-electron chi connectivity index (χ2n) is 6.62. The fraction of sp³-hybridized carbons (Fsp3) is 0.381. The first-order chi connectivity index (χ1) is 13.3. The number of carbonyl (C=O) groups is 3. The zero-order valence-corrected chi connectivity index (χ0v) is 16.6. The van der Waals surface area contributed by atoms with Crippen molar-refractivity contribution in [2.45, 2.75) is 40.0 Å². The Morgan fingerprint density at radius 3 is 2.50 bits per heavy atom. The Bertz CT molecular complexity index is 898. The Labute approximate surface area is 164 Å². The van der Waals surface area contributed by atoms with Crippen molar-refractivity contribution in [3.8, 4) is 5.75 Å². The van der Waals surface area contributed by atoms with Gasteiger partial charge in [0, 0.05) is 17.8 Å². The lowest BCUT2D eigenvalue weighted by Gasteiger charge is -2.11. The lowest BCUT2D eigenvalue weighted by atomic mass is 10.0. The molecule has 3 N–H and O–H groups in total. The third-order valence-electron chi connectivity index (χ3n) is 4.58. The molecule has 0 aliphatic rings. The zero-order valence-electron chi connectivity index (χ0n) is 16.6. The molecule has 2 aromatic rings. The largest absolute Gasteiger partial charge is 0.496 e. The number of ketones is 1. The van der Waals surface area contributed by atoms with E-state index < -0.39 is 5.97 Å². The highest BCUT2D eigenvalue weighted by Crippen LogP contribution is 2.22. The summed E-state index contributed by atoms with van der Waals surface area (Å²) in [7, 11) is 1.48. The number of hydrogen-bond donors (Lipinski definition) is 3. The molecule has 7 nitrogen and oxygen atoms in total. The van der Waals surface area contributed by atoms with Crippen LogP contribution in [0.25, 0.3) is 0 Å². The van der Waals surface area contributed by atoms with Crippen LogP contribution >= 0.6 is 0 Å². The lowest BCUT2D eigenvalue weighted by molar-refractivity contribution is 0.0696. The summed E-state index contributed by atoms with van der Waals surface area (Å²) in [4.78, 5) is 38.7. The lowest BCUT2D eigenvalue weighted by Crippen LogP contribution is -2.27. The molecule has 0 fully saturated rings. The molecular formula is C21H26N2O5. The molecular weight excluding hydrogens is 360 g/mol. The summed E-state index contributed by atoms with van der Waals surface area (Å²) in [6.45, 7) is 5.65. The summed E-state index contributed by atoms with van der Waals surface area (Å²) in [6, 6.07) is 4.66. The second-order valence-corrected chi connectivity index (χ2v) is 6.62. The van der Waals surface area contributed by atoms with Gasteiger partial charge in [-0.15, -0.1) is 0 Å². The summed E-state index contributed by atoms with van der Waals surface area (Å²) in [6.07, 6.45) is 1.95. The Hall–Kier alpha value is -3.09. The molecule has 0 unspecified atom stereocenters. The fourth-order valence-corrected chi connectivity index (χ4v) is 3.33. The van der Waals surface area contributed by atoms with E-state index in [9.17, 15) is 14.4 Å². The molecule has 0 saturated carbocycles. The van der Waals surface area contributed by atoms with Gasteiger partial charge in [-0.2, -0.15) is 0 Å². The number of carboxylic acid groups (broad SMARTS) is 1. The van der Waals surface area contributed by atoms with Crippen LogP contribution in [0, 0.1) is 6.92 Å². The number of carboxylic acids is 1. The van der Waals surface area contributed by atoms with Crippen molar-refractivity contribution in [1.29, 1.82) is 0 Å². The van der Waals surface area contributed by atoms with E-state index in [2.05, 4.69) is 10.3 Å². The molecule has 0 bridgehead atoms. The molecule has 0 spiro atoms. The minimum absolute atomic E-state index is 0.0560. The zero-order chi connectivity index (χ0) is 20.8. The highest BCUT2D eigenvalue weighted by Gasteiger charge is 2.22. The van der Waals surface area contributed by atoms with Crippen molar-refractivity contribution >= 4 is 17.7 Å². The van der Waals surface area contributed by atoms with E-state index >= 15 is 0 Å². The quantitative estimate of drug-likeness (QED) is 0.574. The standard InChI is InChI=1S/C21H26N2O5/c1-5-6-16-18(13(3)24)12(2)23-19(16)20(25)22-10-9-14-7-8-15(21(26)27)11-17(14)28-4/h7-8,11,23H,5-6,9-10H2,1-4H3,(H,22,25)(H,26,27). The van der Waals surface area contributed by atoms with Crippen LogP contribution in [0.5, 0.6) is 5.75 Å². The summed E-state index contributed by atoms with van der Waals surface area (Å²) in [5, 5.41) is 11.9. The number of carbonyl (C=O) groups excluding carboxylic acids is 2. The molecule has 0 radical (unpaired) electrons. The van der Waals surface area contributed by atoms with Gasteiger partial charge in [0.05, 0.1) is 12.7 Å². The molecule has 0 aliphatic heterocycles. The number of aryl methyl sites for hydroxylation is 1. The van der Waals surface area contributed by atoms with Crippen LogP contribution < -0.4 is 10.1 Å². The van der Waals surface area contributed by atoms with Gasteiger partial charge >= 0.3 is 5.97 Å². The number of benzene rings is 1. The van der Waals surface area contributed by atoms with Gasteiger partial charge in [-0.25, -0.2) is 4.79 Å². The average Bonchev–Trinajstić information content (AvgIpc) is 2.98. The summed E-state index contributed by atoms with van der Waals surface area (Å²) < 4.78 is 5.26. The number of aromatic nitrogens is 1. The Kier molecular flexibility index (Phi) is 6.98. The van der Waals surface area contributed by atoms with Crippen molar-refractivity contribution < 1.29 is 24.2 Å². The predicted octanol–water partition coefficient (Wildman–Crippen LogP) is 3.16. The fourth-order valence-electron chi connectivity index (χ4n) is 3.33. The highest BCUT2D eigenvalue weighted by atomic mass is 16.5. The van der Waals surface area contributed by atoms with E-state index in [1.165, 1.54) is 26.2 Å². The molecule has 1 aromatic heterocycles. The number of ether oxygens (including phenoxy) is 1. The number of aromatic amines is 1. The van der Waals surface area contributed by atoms with Crippen LogP contribution in [0.3, 0.4) is 0 Å². The molecule has 1 aromatic carbocycles. The van der Waals surface area contributed by atoms with Gasteiger partial charge < -0.3 is 20.1 Å². The van der Waals surface area contributed by atoms with E-state index in [0.29, 0.717) is 42.1 Å². The molecule has 0 saturated heterocycles. The van der Waals surface area contributed by atoms with Gasteiger partial charge in [0.1, 0.15) is 11.4 Å². The summed E-state index contributed by atoms with van der Waals surface area (Å²) in [5.74, 6) is -0.875. The van der Waals surface area contributed by atoms with Crippen LogP contribution in [0.2, 0.25) is 0 Å². The molecule has 7 heteroatoms.